The van der Waals surface area contributed by atoms with Gasteiger partial charge in [-0.1, -0.05) is 11.6 Å². The van der Waals surface area contributed by atoms with Gasteiger partial charge in [0.1, 0.15) is 12.1 Å². The Morgan fingerprint density at radius 3 is 2.39 bits per heavy atom. The van der Waals surface area contributed by atoms with Crippen molar-refractivity contribution >= 4 is 35.6 Å². The zero-order chi connectivity index (χ0) is 31.9. The van der Waals surface area contributed by atoms with Gasteiger partial charge in [-0.05, 0) is 84.5 Å². The van der Waals surface area contributed by atoms with E-state index in [1.165, 1.54) is 17.7 Å². The van der Waals surface area contributed by atoms with E-state index in [9.17, 15) is 19.5 Å². The number of nitrogens with zero attached hydrogens (tertiary/aromatic N) is 5. The second kappa shape index (κ2) is 14.9. The molecule has 14 heteroatoms. The van der Waals surface area contributed by atoms with Gasteiger partial charge in [-0.2, -0.15) is 5.10 Å². The third kappa shape index (κ3) is 9.96. The molecule has 0 aliphatic heterocycles. The molecule has 0 spiro atoms. The topological polar surface area (TPSA) is 164 Å². The number of nitrogens with one attached hydrogen (secondary N) is 3. The third-order valence-corrected chi connectivity index (χ3v) is 8.14. The van der Waals surface area contributed by atoms with Crippen LogP contribution >= 0.6 is 11.6 Å². The summed E-state index contributed by atoms with van der Waals surface area (Å²) in [4.78, 5) is 46.6. The Morgan fingerprint density at radius 1 is 1.07 bits per heavy atom. The molecule has 242 valence electrons. The summed E-state index contributed by atoms with van der Waals surface area (Å²) in [5, 5.41) is 23.6. The summed E-state index contributed by atoms with van der Waals surface area (Å²) < 4.78 is 7.08. The Kier molecular flexibility index (Phi) is 11.3. The van der Waals surface area contributed by atoms with Crippen LogP contribution in [0.3, 0.4) is 0 Å². The fourth-order valence-corrected chi connectivity index (χ4v) is 5.58. The van der Waals surface area contributed by atoms with Crippen LogP contribution in [0.5, 0.6) is 0 Å². The maximum Gasteiger partial charge on any atom is 0.408 e. The number of amides is 3. The van der Waals surface area contributed by atoms with Crippen LogP contribution in [-0.2, 0) is 23.0 Å². The van der Waals surface area contributed by atoms with Crippen LogP contribution in [0.2, 0.25) is 5.02 Å². The maximum atomic E-state index is 12.5. The lowest BCUT2D eigenvalue weighted by Gasteiger charge is -2.35. The molecule has 2 aliphatic carbocycles. The molecule has 13 nitrogen and oxygen atoms in total. The molecule has 0 aromatic carbocycles. The average Bonchev–Trinajstić information content (AvgIpc) is 3.71. The van der Waals surface area contributed by atoms with Crippen molar-refractivity contribution in [1.82, 2.24) is 35.3 Å². The monoisotopic (exact) mass is 632 g/mol. The van der Waals surface area contributed by atoms with Crippen molar-refractivity contribution in [2.24, 2.45) is 13.0 Å². The second-order valence-corrected chi connectivity index (χ2v) is 13.1. The summed E-state index contributed by atoms with van der Waals surface area (Å²) in [7, 11) is 1.94. The Balaban J connectivity index is 1.21. The lowest BCUT2D eigenvalue weighted by Crippen LogP contribution is -2.48. The highest BCUT2D eigenvalue weighted by molar-refractivity contribution is 6.33. The number of aryl methyl sites for hydroxylation is 1. The van der Waals surface area contributed by atoms with Crippen molar-refractivity contribution in [3.05, 3.63) is 23.1 Å². The van der Waals surface area contributed by atoms with Crippen LogP contribution in [0.1, 0.15) is 77.8 Å². The van der Waals surface area contributed by atoms with Gasteiger partial charge in [-0.3, -0.25) is 14.4 Å². The Bertz CT molecular complexity index is 1300. The first-order chi connectivity index (χ1) is 20.9. The summed E-state index contributed by atoms with van der Waals surface area (Å²) in [5.74, 6) is 0.824. The van der Waals surface area contributed by atoms with E-state index in [2.05, 4.69) is 26.0 Å². The highest BCUT2D eigenvalue weighted by Crippen LogP contribution is 2.37. The Labute approximate surface area is 263 Å². The number of carbonyl (C=O) groups is 3. The van der Waals surface area contributed by atoms with Gasteiger partial charge in [0.25, 0.3) is 0 Å². The number of ether oxygens (including phenoxy) is 1. The minimum Gasteiger partial charge on any atom is -0.465 e. The fourth-order valence-electron chi connectivity index (χ4n) is 5.38. The van der Waals surface area contributed by atoms with Crippen molar-refractivity contribution in [2.75, 3.05) is 25.0 Å². The quantitative estimate of drug-likeness (QED) is 0.231. The number of carbonyl (C=O) groups excluding carboxylic acids is 2. The fraction of sp³-hybridized carbons (Fsp3) is 0.667. The standard InChI is InChI=1S/C30H45ClN8O5/c1-30(2,3)44-28(41)33-14-6-5-13-32-25(40)18-39(29(42)43)21-11-9-20(10-12-21)36-27-34-17-23(31)26(37-27)22-16-35-38(4)24(22)15-19-7-8-19/h16-17,19-21H,5-15,18H2,1-4H3,(H,32,40)(H,33,41)(H,42,43)(H,34,36,37). The first kappa shape index (κ1) is 33.3. The normalized spacial score (nSPS) is 18.4. The van der Waals surface area contributed by atoms with Gasteiger partial charge in [0, 0.05) is 43.5 Å². The lowest BCUT2D eigenvalue weighted by molar-refractivity contribution is -0.122. The van der Waals surface area contributed by atoms with Crippen molar-refractivity contribution in [2.45, 2.75) is 96.2 Å². The van der Waals surface area contributed by atoms with Gasteiger partial charge in [0.15, 0.2) is 0 Å². The number of unbranched alkanes of at least 4 members (excludes halogenated alkanes) is 1. The van der Waals surface area contributed by atoms with E-state index in [0.29, 0.717) is 74.2 Å². The molecule has 0 atom stereocenters. The van der Waals surface area contributed by atoms with E-state index in [-0.39, 0.29) is 24.5 Å². The second-order valence-electron chi connectivity index (χ2n) is 12.7. The number of aromatic nitrogens is 4. The molecule has 2 saturated carbocycles. The Hall–Kier alpha value is -3.61. The molecule has 2 aromatic heterocycles. The van der Waals surface area contributed by atoms with Gasteiger partial charge in [0.2, 0.25) is 11.9 Å². The minimum absolute atomic E-state index is 0.0684. The molecule has 0 saturated heterocycles. The molecule has 0 unspecified atom stereocenters. The number of rotatable bonds is 13. The number of halogens is 1. The molecular formula is C30H45ClN8O5. The van der Waals surface area contributed by atoms with Crippen LogP contribution in [0, 0.1) is 5.92 Å². The SMILES string of the molecule is Cn1ncc(-c2nc(NC3CCC(N(CC(=O)NCCCCNC(=O)OC(C)(C)C)C(=O)O)CC3)ncc2Cl)c1CC1CC1. The number of hydrogen-bond acceptors (Lipinski definition) is 8. The van der Waals surface area contributed by atoms with E-state index in [0.717, 1.165) is 17.7 Å². The molecule has 44 heavy (non-hydrogen) atoms. The van der Waals surface area contributed by atoms with Gasteiger partial charge in [-0.15, -0.1) is 0 Å². The van der Waals surface area contributed by atoms with Gasteiger partial charge in [0.05, 0.1) is 23.1 Å². The predicted molar refractivity (Wildman–Crippen MR) is 167 cm³/mol. The highest BCUT2D eigenvalue weighted by Gasteiger charge is 2.31. The van der Waals surface area contributed by atoms with E-state index in [4.69, 9.17) is 21.3 Å². The molecule has 2 aliphatic rings. The zero-order valence-electron chi connectivity index (χ0n) is 26.1. The van der Waals surface area contributed by atoms with Crippen LogP contribution in [0.15, 0.2) is 12.4 Å². The molecule has 0 radical (unpaired) electrons. The molecule has 2 fully saturated rings. The maximum absolute atomic E-state index is 12.5. The van der Waals surface area contributed by atoms with Crippen molar-refractivity contribution in [3.63, 3.8) is 0 Å². The molecule has 4 rings (SSSR count). The average molecular weight is 633 g/mol. The van der Waals surface area contributed by atoms with Gasteiger partial charge in [-0.25, -0.2) is 19.6 Å². The lowest BCUT2D eigenvalue weighted by atomic mass is 9.90. The van der Waals surface area contributed by atoms with Crippen LogP contribution in [-0.4, -0.2) is 85.2 Å². The summed E-state index contributed by atoms with van der Waals surface area (Å²) >= 11 is 6.51. The predicted octanol–water partition coefficient (Wildman–Crippen LogP) is 4.61. The van der Waals surface area contributed by atoms with Gasteiger partial charge < -0.3 is 25.8 Å². The van der Waals surface area contributed by atoms with Crippen molar-refractivity contribution in [3.8, 4) is 11.3 Å². The summed E-state index contributed by atoms with van der Waals surface area (Å²) in [6.45, 7) is 5.99. The van der Waals surface area contributed by atoms with Crippen LogP contribution < -0.4 is 16.0 Å². The summed E-state index contributed by atoms with van der Waals surface area (Å²) in [5.41, 5.74) is 2.14. The number of carboxylic acid groups (broad SMARTS) is 1. The largest absolute Gasteiger partial charge is 0.465 e. The van der Waals surface area contributed by atoms with Crippen LogP contribution in [0.25, 0.3) is 11.3 Å². The zero-order valence-corrected chi connectivity index (χ0v) is 26.8. The summed E-state index contributed by atoms with van der Waals surface area (Å²) in [6, 6.07) is -0.185. The molecule has 0 bridgehead atoms. The van der Waals surface area contributed by atoms with E-state index in [1.54, 1.807) is 27.0 Å². The Morgan fingerprint density at radius 2 is 1.75 bits per heavy atom. The smallest absolute Gasteiger partial charge is 0.408 e. The molecule has 2 heterocycles. The van der Waals surface area contributed by atoms with E-state index >= 15 is 0 Å². The number of anilines is 1. The number of alkyl carbamates (subject to hydrolysis) is 1. The van der Waals surface area contributed by atoms with Crippen molar-refractivity contribution in [1.29, 1.82) is 0 Å². The molecule has 3 amide bonds. The molecule has 2 aromatic rings. The third-order valence-electron chi connectivity index (χ3n) is 7.86. The first-order valence-electron chi connectivity index (χ1n) is 15.4. The first-order valence-corrected chi connectivity index (χ1v) is 15.8. The molecule has 4 N–H and O–H groups in total. The highest BCUT2D eigenvalue weighted by atomic mass is 35.5. The molecular weight excluding hydrogens is 588 g/mol. The minimum atomic E-state index is -1.11. The van der Waals surface area contributed by atoms with Gasteiger partial charge >= 0.3 is 12.2 Å². The van der Waals surface area contributed by atoms with Crippen molar-refractivity contribution < 1.29 is 24.2 Å². The van der Waals surface area contributed by atoms with Crippen LogP contribution in [0.4, 0.5) is 15.5 Å². The summed E-state index contributed by atoms with van der Waals surface area (Å²) in [6.07, 6.45) is 9.19. The van der Waals surface area contributed by atoms with E-state index in [1.807, 2.05) is 17.9 Å². The number of hydrogen-bond donors (Lipinski definition) is 4. The van der Waals surface area contributed by atoms with E-state index < -0.39 is 17.8 Å².